The minimum atomic E-state index is 1.21. The standard InChI is InChI=1S/C6H7.Zr/c1-6-4-2-3-5-6;/h2,4H,3H2,1H3;. The maximum absolute atomic E-state index is 2.22. The van der Waals surface area contributed by atoms with Crippen LogP contribution in [0.3, 0.4) is 0 Å². The Kier molecular flexibility index (Phi) is 1.64. The molecule has 7 heavy (non-hydrogen) atoms. The van der Waals surface area contributed by atoms with Gasteiger partial charge in [-0.05, 0) is 0 Å². The van der Waals surface area contributed by atoms with E-state index < -0.39 is 0 Å². The Morgan fingerprint density at radius 1 is 1.71 bits per heavy atom. The first-order chi connectivity index (χ1) is 3.30. The van der Waals surface area contributed by atoms with Crippen molar-refractivity contribution < 1.29 is 24.7 Å². The van der Waals surface area contributed by atoms with Gasteiger partial charge in [0, 0.05) is 0 Å². The van der Waals surface area contributed by atoms with Crippen LogP contribution in [0.5, 0.6) is 0 Å². The van der Waals surface area contributed by atoms with Crippen LogP contribution >= 0.6 is 0 Å². The summed E-state index contributed by atoms with van der Waals surface area (Å²) in [6, 6.07) is 0. The number of hydrogen-bond acceptors (Lipinski definition) is 0. The average molecular weight is 170 g/mol. The predicted octanol–water partition coefficient (Wildman–Crippen LogP) is 1.77. The SMILES string of the molecule is CC1=[C]([Zr])CC=C1. The second-order valence-corrected chi connectivity index (χ2v) is 3.25. The number of rotatable bonds is 0. The Bertz CT molecular complexity index is 131. The zero-order valence-corrected chi connectivity index (χ0v) is 6.82. The van der Waals surface area contributed by atoms with Crippen molar-refractivity contribution in [1.29, 1.82) is 0 Å². The van der Waals surface area contributed by atoms with Gasteiger partial charge in [0.1, 0.15) is 0 Å². The third-order valence-electron chi connectivity index (χ3n) is 1.17. The molecule has 0 N–H and O–H groups in total. The van der Waals surface area contributed by atoms with E-state index in [1.807, 2.05) is 0 Å². The van der Waals surface area contributed by atoms with E-state index >= 15 is 0 Å². The molecule has 0 fully saturated rings. The Morgan fingerprint density at radius 3 is 2.57 bits per heavy atom. The van der Waals surface area contributed by atoms with Crippen molar-refractivity contribution in [3.63, 3.8) is 0 Å². The Labute approximate surface area is 59.1 Å². The quantitative estimate of drug-likeness (QED) is 0.520. The molecule has 0 aliphatic heterocycles. The topological polar surface area (TPSA) is 0 Å². The van der Waals surface area contributed by atoms with E-state index in [0.717, 1.165) is 0 Å². The molecule has 0 bridgehead atoms. The normalized spacial score (nSPS) is 18.9. The van der Waals surface area contributed by atoms with Crippen LogP contribution in [-0.4, -0.2) is 0 Å². The second-order valence-electron chi connectivity index (χ2n) is 1.77. The molecular weight excluding hydrogens is 163 g/mol. The van der Waals surface area contributed by atoms with E-state index in [0.29, 0.717) is 0 Å². The summed E-state index contributed by atoms with van der Waals surface area (Å²) in [5.41, 5.74) is 1.48. The van der Waals surface area contributed by atoms with E-state index in [-0.39, 0.29) is 0 Å². The van der Waals surface area contributed by atoms with E-state index in [1.54, 1.807) is 28.0 Å². The zero-order chi connectivity index (χ0) is 5.28. The Balaban J connectivity index is 2.79. The van der Waals surface area contributed by atoms with Gasteiger partial charge in [0.2, 0.25) is 0 Å². The fourth-order valence-electron chi connectivity index (χ4n) is 0.615. The van der Waals surface area contributed by atoms with Gasteiger partial charge in [-0.15, -0.1) is 0 Å². The average Bonchev–Trinajstić information content (AvgIpc) is 1.91. The molecule has 0 unspecified atom stereocenters. The summed E-state index contributed by atoms with van der Waals surface area (Å²) in [5, 5.41) is 0. The van der Waals surface area contributed by atoms with Crippen LogP contribution in [0, 0.1) is 0 Å². The van der Waals surface area contributed by atoms with Crippen LogP contribution in [-0.2, 0) is 24.7 Å². The van der Waals surface area contributed by atoms with E-state index in [2.05, 4.69) is 19.1 Å². The van der Waals surface area contributed by atoms with Crippen molar-refractivity contribution in [2.75, 3.05) is 0 Å². The molecule has 0 saturated heterocycles. The molecule has 0 nitrogen and oxygen atoms in total. The first-order valence-corrected chi connectivity index (χ1v) is 3.61. The first kappa shape index (κ1) is 5.50. The van der Waals surface area contributed by atoms with E-state index in [1.165, 1.54) is 12.0 Å². The molecule has 0 saturated carbocycles. The van der Waals surface area contributed by atoms with Gasteiger partial charge < -0.3 is 0 Å². The third-order valence-corrected chi connectivity index (χ3v) is 2.64. The molecule has 0 aromatic heterocycles. The van der Waals surface area contributed by atoms with Crippen molar-refractivity contribution >= 4 is 0 Å². The van der Waals surface area contributed by atoms with Gasteiger partial charge in [0.25, 0.3) is 0 Å². The van der Waals surface area contributed by atoms with Gasteiger partial charge in [-0.1, -0.05) is 0 Å². The summed E-state index contributed by atoms with van der Waals surface area (Å²) >= 11 is 1.58. The van der Waals surface area contributed by atoms with Gasteiger partial charge in [-0.25, -0.2) is 0 Å². The molecule has 0 aromatic rings. The molecule has 1 heteroatoms. The van der Waals surface area contributed by atoms with Crippen LogP contribution in [0.15, 0.2) is 21.0 Å². The molecule has 0 radical (unpaired) electrons. The Hall–Kier alpha value is 0.363. The van der Waals surface area contributed by atoms with Crippen molar-refractivity contribution in [3.8, 4) is 0 Å². The van der Waals surface area contributed by atoms with Crippen molar-refractivity contribution in [2.45, 2.75) is 13.3 Å². The van der Waals surface area contributed by atoms with Gasteiger partial charge in [0.05, 0.1) is 0 Å². The van der Waals surface area contributed by atoms with Crippen LogP contribution < -0.4 is 0 Å². The molecule has 35 valence electrons. The molecule has 0 aromatic carbocycles. The van der Waals surface area contributed by atoms with Gasteiger partial charge in [-0.3, -0.25) is 0 Å². The summed E-state index contributed by atoms with van der Waals surface area (Å²) in [7, 11) is 0. The van der Waals surface area contributed by atoms with Crippen LogP contribution in [0.4, 0.5) is 0 Å². The van der Waals surface area contributed by atoms with Gasteiger partial charge >= 0.3 is 59.1 Å². The van der Waals surface area contributed by atoms with E-state index in [9.17, 15) is 0 Å². The van der Waals surface area contributed by atoms with Crippen molar-refractivity contribution in [2.24, 2.45) is 0 Å². The van der Waals surface area contributed by atoms with E-state index in [4.69, 9.17) is 0 Å². The fraction of sp³-hybridized carbons (Fsp3) is 0.333. The summed E-state index contributed by atoms with van der Waals surface area (Å²) in [4.78, 5) is 0. The monoisotopic (exact) mass is 169 g/mol. The summed E-state index contributed by atoms with van der Waals surface area (Å²) < 4.78 is 1.60. The zero-order valence-electron chi connectivity index (χ0n) is 4.36. The molecule has 1 rings (SSSR count). The first-order valence-electron chi connectivity index (χ1n) is 2.38. The predicted molar refractivity (Wildman–Crippen MR) is 26.5 cm³/mol. The number of allylic oxidation sites excluding steroid dienone is 4. The molecule has 0 atom stereocenters. The summed E-state index contributed by atoms with van der Waals surface area (Å²) in [6.07, 6.45) is 5.63. The minimum absolute atomic E-state index is 1.21. The van der Waals surface area contributed by atoms with Crippen LogP contribution in [0.25, 0.3) is 0 Å². The second kappa shape index (κ2) is 2.09. The van der Waals surface area contributed by atoms with Gasteiger partial charge in [0.15, 0.2) is 0 Å². The molecule has 0 heterocycles. The molecule has 1 aliphatic carbocycles. The van der Waals surface area contributed by atoms with Crippen LogP contribution in [0.1, 0.15) is 13.3 Å². The third kappa shape index (κ3) is 1.13. The van der Waals surface area contributed by atoms with Crippen molar-refractivity contribution in [1.82, 2.24) is 0 Å². The van der Waals surface area contributed by atoms with Gasteiger partial charge in [-0.2, -0.15) is 0 Å². The molecule has 0 spiro atoms. The van der Waals surface area contributed by atoms with Crippen LogP contribution in [0.2, 0.25) is 0 Å². The molecular formula is C6H7Zr. The molecule has 1 aliphatic rings. The fourth-order valence-corrected chi connectivity index (χ4v) is 1.11. The maximum atomic E-state index is 2.22. The summed E-state index contributed by atoms with van der Waals surface area (Å²) in [6.45, 7) is 2.17. The van der Waals surface area contributed by atoms with Crippen molar-refractivity contribution in [3.05, 3.63) is 21.0 Å². The summed E-state index contributed by atoms with van der Waals surface area (Å²) in [5.74, 6) is 0. The number of hydrogen-bond donors (Lipinski definition) is 0. The Morgan fingerprint density at radius 2 is 2.43 bits per heavy atom. The molecule has 0 amide bonds.